The molecular weight excluding hydrogens is 266 g/mol. The number of benzene rings is 2. The molecule has 1 atom stereocenters. The zero-order valence-corrected chi connectivity index (χ0v) is 12.1. The van der Waals surface area contributed by atoms with Gasteiger partial charge in [0.15, 0.2) is 6.29 Å². The first-order valence-electron chi connectivity index (χ1n) is 6.83. The summed E-state index contributed by atoms with van der Waals surface area (Å²) in [5, 5.41) is 0. The smallest absolute Gasteiger partial charge is 0.229 e. The standard InChI is InChI=1S/C17H17NO3/c1-12-6-7-16-13(8-12)10-18(17(11-19)21-16)14-4-3-5-15(9-14)20-2/h3-9,11,17H,10H2,1-2H3. The van der Waals surface area contributed by atoms with Crippen LogP contribution in [0.3, 0.4) is 0 Å². The molecule has 0 bridgehead atoms. The summed E-state index contributed by atoms with van der Waals surface area (Å²) in [4.78, 5) is 13.3. The maximum atomic E-state index is 11.4. The van der Waals surface area contributed by atoms with E-state index in [0.29, 0.717) is 6.54 Å². The van der Waals surface area contributed by atoms with E-state index in [2.05, 4.69) is 6.07 Å². The van der Waals surface area contributed by atoms with Crippen LogP contribution in [0.1, 0.15) is 11.1 Å². The van der Waals surface area contributed by atoms with Gasteiger partial charge in [-0.25, -0.2) is 0 Å². The largest absolute Gasteiger partial charge is 0.497 e. The van der Waals surface area contributed by atoms with Crippen LogP contribution in [0.5, 0.6) is 11.5 Å². The fourth-order valence-corrected chi connectivity index (χ4v) is 2.54. The number of aryl methyl sites for hydroxylation is 1. The Morgan fingerprint density at radius 3 is 2.90 bits per heavy atom. The molecule has 0 N–H and O–H groups in total. The Hall–Kier alpha value is -2.49. The van der Waals surface area contributed by atoms with E-state index in [1.807, 2.05) is 48.2 Å². The molecule has 0 saturated carbocycles. The number of carbonyl (C=O) groups is 1. The first kappa shape index (κ1) is 13.5. The van der Waals surface area contributed by atoms with Crippen LogP contribution in [0.15, 0.2) is 42.5 Å². The molecule has 108 valence electrons. The molecule has 21 heavy (non-hydrogen) atoms. The van der Waals surface area contributed by atoms with Gasteiger partial charge in [0, 0.05) is 17.3 Å². The van der Waals surface area contributed by atoms with E-state index < -0.39 is 6.23 Å². The number of nitrogens with zero attached hydrogens (tertiary/aromatic N) is 1. The summed E-state index contributed by atoms with van der Waals surface area (Å²) in [6.45, 7) is 2.68. The summed E-state index contributed by atoms with van der Waals surface area (Å²) >= 11 is 0. The van der Waals surface area contributed by atoms with Gasteiger partial charge in [-0.15, -0.1) is 0 Å². The van der Waals surface area contributed by atoms with Crippen molar-refractivity contribution in [2.75, 3.05) is 12.0 Å². The lowest BCUT2D eigenvalue weighted by molar-refractivity contribution is -0.114. The number of aldehydes is 1. The molecule has 1 unspecified atom stereocenters. The fraction of sp³-hybridized carbons (Fsp3) is 0.235. The average molecular weight is 283 g/mol. The number of fused-ring (bicyclic) bond motifs is 1. The van der Waals surface area contributed by atoms with E-state index in [9.17, 15) is 4.79 Å². The van der Waals surface area contributed by atoms with E-state index in [1.165, 1.54) is 5.56 Å². The fourth-order valence-electron chi connectivity index (χ4n) is 2.54. The molecule has 1 heterocycles. The van der Waals surface area contributed by atoms with Gasteiger partial charge in [-0.1, -0.05) is 23.8 Å². The van der Waals surface area contributed by atoms with Gasteiger partial charge >= 0.3 is 0 Å². The third-order valence-corrected chi connectivity index (χ3v) is 3.61. The van der Waals surface area contributed by atoms with Crippen LogP contribution in [0.4, 0.5) is 5.69 Å². The number of ether oxygens (including phenoxy) is 2. The van der Waals surface area contributed by atoms with Crippen molar-refractivity contribution in [1.82, 2.24) is 0 Å². The van der Waals surface area contributed by atoms with Crippen LogP contribution in [0.2, 0.25) is 0 Å². The highest BCUT2D eigenvalue weighted by Crippen LogP contribution is 2.32. The van der Waals surface area contributed by atoms with E-state index >= 15 is 0 Å². The Bertz CT molecular complexity index is 669. The minimum absolute atomic E-state index is 0.618. The number of hydrogen-bond acceptors (Lipinski definition) is 4. The predicted molar refractivity (Wildman–Crippen MR) is 80.8 cm³/mol. The second kappa shape index (κ2) is 5.48. The lowest BCUT2D eigenvalue weighted by atomic mass is 10.1. The molecule has 0 spiro atoms. The molecule has 0 saturated heterocycles. The minimum atomic E-state index is -0.618. The lowest BCUT2D eigenvalue weighted by Crippen LogP contribution is -2.43. The second-order valence-corrected chi connectivity index (χ2v) is 5.09. The third-order valence-electron chi connectivity index (χ3n) is 3.61. The maximum absolute atomic E-state index is 11.4. The van der Waals surface area contributed by atoms with Crippen molar-refractivity contribution >= 4 is 12.0 Å². The van der Waals surface area contributed by atoms with Gasteiger partial charge in [0.2, 0.25) is 6.23 Å². The number of carbonyl (C=O) groups excluding carboxylic acids is 1. The van der Waals surface area contributed by atoms with Gasteiger partial charge in [-0.2, -0.15) is 0 Å². The number of methoxy groups -OCH3 is 1. The molecule has 1 aliphatic heterocycles. The van der Waals surface area contributed by atoms with Crippen molar-refractivity contribution in [3.63, 3.8) is 0 Å². The monoisotopic (exact) mass is 283 g/mol. The van der Waals surface area contributed by atoms with Gasteiger partial charge in [0.25, 0.3) is 0 Å². The first-order chi connectivity index (χ1) is 10.2. The molecule has 2 aromatic carbocycles. The molecular formula is C17H17NO3. The molecule has 1 aliphatic rings. The Morgan fingerprint density at radius 1 is 1.29 bits per heavy atom. The van der Waals surface area contributed by atoms with Crippen LogP contribution >= 0.6 is 0 Å². The summed E-state index contributed by atoms with van der Waals surface area (Å²) in [5.41, 5.74) is 3.15. The van der Waals surface area contributed by atoms with Crippen LogP contribution in [-0.2, 0) is 11.3 Å². The molecule has 4 nitrogen and oxygen atoms in total. The third kappa shape index (κ3) is 2.57. The number of hydrogen-bond donors (Lipinski definition) is 0. The van der Waals surface area contributed by atoms with Crippen LogP contribution < -0.4 is 14.4 Å². The van der Waals surface area contributed by atoms with Gasteiger partial charge in [0.1, 0.15) is 11.5 Å². The van der Waals surface area contributed by atoms with Crippen molar-refractivity contribution in [3.8, 4) is 11.5 Å². The normalized spacial score (nSPS) is 16.9. The quantitative estimate of drug-likeness (QED) is 0.812. The van der Waals surface area contributed by atoms with E-state index in [4.69, 9.17) is 9.47 Å². The molecule has 0 radical (unpaired) electrons. The predicted octanol–water partition coefficient (Wildman–Crippen LogP) is 2.93. The van der Waals surface area contributed by atoms with Crippen LogP contribution in [-0.4, -0.2) is 19.6 Å². The van der Waals surface area contributed by atoms with Gasteiger partial charge in [-0.3, -0.25) is 4.79 Å². The summed E-state index contributed by atoms with van der Waals surface area (Å²) in [7, 11) is 1.63. The molecule has 0 fully saturated rings. The van der Waals surface area contributed by atoms with Gasteiger partial charge in [0.05, 0.1) is 13.7 Å². The molecule has 0 amide bonds. The van der Waals surface area contributed by atoms with Crippen molar-refractivity contribution in [3.05, 3.63) is 53.6 Å². The summed E-state index contributed by atoms with van der Waals surface area (Å²) < 4.78 is 11.0. The molecule has 3 rings (SSSR count). The Kier molecular flexibility index (Phi) is 3.52. The second-order valence-electron chi connectivity index (χ2n) is 5.09. The Labute approximate surface area is 123 Å². The van der Waals surface area contributed by atoms with Crippen molar-refractivity contribution in [2.24, 2.45) is 0 Å². The maximum Gasteiger partial charge on any atom is 0.229 e. The zero-order chi connectivity index (χ0) is 14.8. The lowest BCUT2D eigenvalue weighted by Gasteiger charge is -2.35. The van der Waals surface area contributed by atoms with Crippen LogP contribution in [0.25, 0.3) is 0 Å². The average Bonchev–Trinajstić information content (AvgIpc) is 2.53. The summed E-state index contributed by atoms with van der Waals surface area (Å²) in [6.07, 6.45) is 0.203. The summed E-state index contributed by atoms with van der Waals surface area (Å²) in [5.74, 6) is 1.53. The minimum Gasteiger partial charge on any atom is -0.497 e. The zero-order valence-electron chi connectivity index (χ0n) is 12.1. The van der Waals surface area contributed by atoms with Gasteiger partial charge in [-0.05, 0) is 25.1 Å². The molecule has 2 aromatic rings. The van der Waals surface area contributed by atoms with E-state index in [0.717, 1.165) is 29.0 Å². The van der Waals surface area contributed by atoms with Crippen molar-refractivity contribution < 1.29 is 14.3 Å². The Balaban J connectivity index is 1.99. The number of anilines is 1. The topological polar surface area (TPSA) is 38.8 Å². The highest BCUT2D eigenvalue weighted by atomic mass is 16.5. The van der Waals surface area contributed by atoms with E-state index in [1.54, 1.807) is 7.11 Å². The number of rotatable bonds is 3. The molecule has 4 heteroatoms. The summed E-state index contributed by atoms with van der Waals surface area (Å²) in [6, 6.07) is 13.6. The highest BCUT2D eigenvalue weighted by molar-refractivity contribution is 5.67. The SMILES string of the molecule is COc1cccc(N2Cc3cc(C)ccc3OC2C=O)c1. The highest BCUT2D eigenvalue weighted by Gasteiger charge is 2.27. The van der Waals surface area contributed by atoms with Crippen molar-refractivity contribution in [1.29, 1.82) is 0 Å². The first-order valence-corrected chi connectivity index (χ1v) is 6.83. The van der Waals surface area contributed by atoms with Crippen molar-refractivity contribution in [2.45, 2.75) is 19.7 Å². The van der Waals surface area contributed by atoms with Crippen LogP contribution in [0, 0.1) is 6.92 Å². The Morgan fingerprint density at radius 2 is 2.14 bits per heavy atom. The van der Waals surface area contributed by atoms with E-state index in [-0.39, 0.29) is 0 Å². The van der Waals surface area contributed by atoms with Gasteiger partial charge < -0.3 is 14.4 Å². The molecule has 0 aromatic heterocycles. The molecule has 0 aliphatic carbocycles.